The number of fused-ring (bicyclic) bond motifs is 1. The van der Waals surface area contributed by atoms with Gasteiger partial charge in [-0.1, -0.05) is 65.7 Å². The number of alkyl halides is 1. The van der Waals surface area contributed by atoms with Gasteiger partial charge in [0.1, 0.15) is 5.38 Å². The summed E-state index contributed by atoms with van der Waals surface area (Å²) in [5.41, 5.74) is 2.60. The maximum absolute atomic E-state index is 13.3. The number of carbonyl (C=O) groups excluding carboxylic acids is 1. The third kappa shape index (κ3) is 5.27. The molecule has 0 saturated carbocycles. The molecule has 1 aliphatic rings. The van der Waals surface area contributed by atoms with Crippen LogP contribution in [-0.4, -0.2) is 24.1 Å². The van der Waals surface area contributed by atoms with Crippen molar-refractivity contribution in [2.45, 2.75) is 18.3 Å². The second-order valence-electron chi connectivity index (χ2n) is 7.21. The van der Waals surface area contributed by atoms with Crippen molar-refractivity contribution in [3.8, 4) is 11.5 Å². The van der Waals surface area contributed by atoms with Crippen molar-refractivity contribution in [2.75, 3.05) is 13.3 Å². The average molecular weight is 477 g/mol. The minimum Gasteiger partial charge on any atom is -0.454 e. The maximum atomic E-state index is 13.3. The van der Waals surface area contributed by atoms with E-state index in [-0.39, 0.29) is 12.7 Å². The fourth-order valence-corrected chi connectivity index (χ4v) is 4.22. The molecule has 4 rings (SSSR count). The molecule has 1 aliphatic heterocycles. The van der Waals surface area contributed by atoms with E-state index in [1.54, 1.807) is 17.0 Å². The molecule has 1 heterocycles. The van der Waals surface area contributed by atoms with Crippen LogP contribution in [-0.2, 0) is 17.8 Å². The molecule has 31 heavy (non-hydrogen) atoms. The van der Waals surface area contributed by atoms with E-state index in [0.717, 1.165) is 16.7 Å². The smallest absolute Gasteiger partial charge is 0.245 e. The molecule has 0 N–H and O–H groups in total. The highest BCUT2D eigenvalue weighted by Crippen LogP contribution is 2.33. The van der Waals surface area contributed by atoms with Gasteiger partial charge in [0.05, 0.1) is 0 Å². The quantitative estimate of drug-likeness (QED) is 0.377. The molecular weight excluding hydrogens is 457 g/mol. The number of hydrogen-bond donors (Lipinski definition) is 0. The summed E-state index contributed by atoms with van der Waals surface area (Å²) in [5.74, 6) is 1.21. The molecule has 4 nitrogen and oxygen atoms in total. The van der Waals surface area contributed by atoms with E-state index in [1.807, 2.05) is 54.6 Å². The Morgan fingerprint density at radius 3 is 2.52 bits per heavy atom. The molecule has 0 radical (unpaired) electrons. The van der Waals surface area contributed by atoms with Gasteiger partial charge in [-0.3, -0.25) is 4.79 Å². The van der Waals surface area contributed by atoms with Gasteiger partial charge in [0.15, 0.2) is 11.5 Å². The number of ether oxygens (including phenoxy) is 2. The molecule has 0 bridgehead atoms. The summed E-state index contributed by atoms with van der Waals surface area (Å²) < 4.78 is 10.9. The van der Waals surface area contributed by atoms with E-state index in [2.05, 4.69) is 0 Å². The van der Waals surface area contributed by atoms with Crippen LogP contribution in [0.15, 0.2) is 66.7 Å². The summed E-state index contributed by atoms with van der Waals surface area (Å²) >= 11 is 18.9. The van der Waals surface area contributed by atoms with Crippen LogP contribution in [0, 0.1) is 0 Å². The highest BCUT2D eigenvalue weighted by atomic mass is 35.5. The molecule has 0 aromatic heterocycles. The summed E-state index contributed by atoms with van der Waals surface area (Å²) in [6, 6.07) is 20.4. The molecule has 7 heteroatoms. The number of benzene rings is 3. The predicted octanol–water partition coefficient (Wildman–Crippen LogP) is 6.27. The highest BCUT2D eigenvalue weighted by Gasteiger charge is 2.25. The lowest BCUT2D eigenvalue weighted by molar-refractivity contribution is -0.131. The summed E-state index contributed by atoms with van der Waals surface area (Å²) in [6.07, 6.45) is 0.574. The van der Waals surface area contributed by atoms with E-state index in [0.29, 0.717) is 41.1 Å². The number of amides is 1. The van der Waals surface area contributed by atoms with E-state index >= 15 is 0 Å². The minimum absolute atomic E-state index is 0.171. The van der Waals surface area contributed by atoms with Gasteiger partial charge in [-0.05, 0) is 47.4 Å². The van der Waals surface area contributed by atoms with Gasteiger partial charge in [0.2, 0.25) is 12.7 Å². The Kier molecular flexibility index (Phi) is 6.91. The second kappa shape index (κ2) is 9.82. The zero-order valence-electron chi connectivity index (χ0n) is 16.6. The lowest BCUT2D eigenvalue weighted by Crippen LogP contribution is -2.35. The first kappa shape index (κ1) is 21.8. The predicted molar refractivity (Wildman–Crippen MR) is 123 cm³/mol. The van der Waals surface area contributed by atoms with Crippen molar-refractivity contribution < 1.29 is 14.3 Å². The van der Waals surface area contributed by atoms with Crippen molar-refractivity contribution >= 4 is 40.7 Å². The molecule has 1 unspecified atom stereocenters. The Labute approximate surface area is 196 Å². The average Bonchev–Trinajstić information content (AvgIpc) is 3.25. The SMILES string of the molecule is O=C(C(Cl)c1ccccc1)N(CCc1ccc(Cl)cc1Cl)Cc1ccc2c(c1)OCO2. The van der Waals surface area contributed by atoms with Crippen LogP contribution in [0.4, 0.5) is 0 Å². The summed E-state index contributed by atoms with van der Waals surface area (Å²) in [7, 11) is 0. The number of rotatable bonds is 7. The lowest BCUT2D eigenvalue weighted by Gasteiger charge is -2.26. The summed E-state index contributed by atoms with van der Waals surface area (Å²) in [5, 5.41) is 0.372. The largest absolute Gasteiger partial charge is 0.454 e. The molecule has 0 saturated heterocycles. The van der Waals surface area contributed by atoms with Crippen LogP contribution in [0.1, 0.15) is 22.1 Å². The molecule has 1 amide bonds. The molecule has 160 valence electrons. The highest BCUT2D eigenvalue weighted by molar-refractivity contribution is 6.35. The van der Waals surface area contributed by atoms with Crippen LogP contribution < -0.4 is 9.47 Å². The molecule has 0 fully saturated rings. The van der Waals surface area contributed by atoms with Crippen LogP contribution in [0.25, 0.3) is 0 Å². The standard InChI is InChI=1S/C24H20Cl3NO3/c25-19-8-7-17(20(26)13-19)10-11-28(24(29)23(27)18-4-2-1-3-5-18)14-16-6-9-21-22(12-16)31-15-30-21/h1-9,12-13,23H,10-11,14-15H2. The fourth-order valence-electron chi connectivity index (χ4n) is 3.43. The molecule has 1 atom stereocenters. The fraction of sp³-hybridized carbons (Fsp3) is 0.208. The van der Waals surface area contributed by atoms with E-state index in [4.69, 9.17) is 44.3 Å². The van der Waals surface area contributed by atoms with Gasteiger partial charge in [-0.2, -0.15) is 0 Å². The van der Waals surface area contributed by atoms with Crippen molar-refractivity contribution in [1.82, 2.24) is 4.90 Å². The number of halogens is 3. The second-order valence-corrected chi connectivity index (χ2v) is 8.49. The first-order valence-electron chi connectivity index (χ1n) is 9.81. The normalized spacial score (nSPS) is 13.1. The number of nitrogens with zero attached hydrogens (tertiary/aromatic N) is 1. The van der Waals surface area contributed by atoms with Gasteiger partial charge >= 0.3 is 0 Å². The number of carbonyl (C=O) groups is 1. The van der Waals surface area contributed by atoms with Crippen LogP contribution in [0.2, 0.25) is 10.0 Å². The van der Waals surface area contributed by atoms with Gasteiger partial charge in [-0.25, -0.2) is 0 Å². The Morgan fingerprint density at radius 1 is 0.968 bits per heavy atom. The van der Waals surface area contributed by atoms with Crippen molar-refractivity contribution in [3.05, 3.63) is 93.5 Å². The molecular formula is C24H20Cl3NO3. The zero-order valence-corrected chi connectivity index (χ0v) is 18.8. The van der Waals surface area contributed by atoms with Gasteiger partial charge in [0.25, 0.3) is 0 Å². The van der Waals surface area contributed by atoms with Gasteiger partial charge < -0.3 is 14.4 Å². The van der Waals surface area contributed by atoms with Gasteiger partial charge in [0, 0.05) is 23.1 Å². The van der Waals surface area contributed by atoms with Crippen LogP contribution in [0.3, 0.4) is 0 Å². The first-order valence-corrected chi connectivity index (χ1v) is 11.0. The molecule has 0 aliphatic carbocycles. The monoisotopic (exact) mass is 475 g/mol. The molecule has 0 spiro atoms. The minimum atomic E-state index is -0.782. The van der Waals surface area contributed by atoms with Crippen LogP contribution in [0.5, 0.6) is 11.5 Å². The van der Waals surface area contributed by atoms with Crippen molar-refractivity contribution in [3.63, 3.8) is 0 Å². The first-order chi connectivity index (χ1) is 15.0. The summed E-state index contributed by atoms with van der Waals surface area (Å²) in [6.45, 7) is 1.04. The van der Waals surface area contributed by atoms with Crippen molar-refractivity contribution in [2.24, 2.45) is 0 Å². The third-order valence-electron chi connectivity index (χ3n) is 5.10. The van der Waals surface area contributed by atoms with Crippen molar-refractivity contribution in [1.29, 1.82) is 0 Å². The summed E-state index contributed by atoms with van der Waals surface area (Å²) in [4.78, 5) is 15.1. The zero-order chi connectivity index (χ0) is 21.8. The van der Waals surface area contributed by atoms with Crippen LogP contribution >= 0.6 is 34.8 Å². The Balaban J connectivity index is 1.55. The van der Waals surface area contributed by atoms with E-state index in [1.165, 1.54) is 0 Å². The van der Waals surface area contributed by atoms with Gasteiger partial charge in [-0.15, -0.1) is 11.6 Å². The van der Waals surface area contributed by atoms with E-state index < -0.39 is 5.38 Å². The third-order valence-corrected chi connectivity index (χ3v) is 6.12. The number of hydrogen-bond acceptors (Lipinski definition) is 3. The Bertz CT molecular complexity index is 1070. The molecule has 3 aromatic carbocycles. The Hall–Kier alpha value is -2.40. The Morgan fingerprint density at radius 2 is 1.74 bits per heavy atom. The molecule has 3 aromatic rings. The maximum Gasteiger partial charge on any atom is 0.245 e. The van der Waals surface area contributed by atoms with E-state index in [9.17, 15) is 4.79 Å². The lowest BCUT2D eigenvalue weighted by atomic mass is 10.1. The topological polar surface area (TPSA) is 38.8 Å².